The second-order valence-electron chi connectivity index (χ2n) is 10.7. The van der Waals surface area contributed by atoms with Crippen LogP contribution < -0.4 is 14.2 Å². The second-order valence-corrected chi connectivity index (χ2v) is 11.9. The first-order valence-corrected chi connectivity index (χ1v) is 15.3. The molecule has 1 N–H and O–H groups in total. The predicted molar refractivity (Wildman–Crippen MR) is 162 cm³/mol. The Labute approximate surface area is 249 Å². The van der Waals surface area contributed by atoms with Crippen LogP contribution in [-0.4, -0.2) is 78.9 Å². The van der Waals surface area contributed by atoms with Gasteiger partial charge in [0.1, 0.15) is 28.6 Å². The number of nitrogens with one attached hydrogen (secondary N) is 1. The first-order chi connectivity index (χ1) is 20.3. The Morgan fingerprint density at radius 3 is 2.57 bits per heavy atom. The van der Waals surface area contributed by atoms with Gasteiger partial charge in [-0.1, -0.05) is 24.3 Å². The average molecular weight is 592 g/mol. The molecule has 2 aliphatic rings. The molecule has 9 nitrogen and oxygen atoms in total. The van der Waals surface area contributed by atoms with E-state index in [9.17, 15) is 13.8 Å². The summed E-state index contributed by atoms with van der Waals surface area (Å²) in [6, 6.07) is 20.1. The highest BCUT2D eigenvalue weighted by molar-refractivity contribution is 7.86. The lowest BCUT2D eigenvalue weighted by Gasteiger charge is -2.26. The Kier molecular flexibility index (Phi) is 9.44. The van der Waals surface area contributed by atoms with Gasteiger partial charge < -0.3 is 28.7 Å². The van der Waals surface area contributed by atoms with Crippen molar-refractivity contribution in [1.29, 1.82) is 0 Å². The van der Waals surface area contributed by atoms with E-state index in [1.807, 2.05) is 53.4 Å². The zero-order valence-corrected chi connectivity index (χ0v) is 25.0. The fraction of sp³-hybridized carbons (Fsp3) is 0.375. The maximum absolute atomic E-state index is 13.5. The highest BCUT2D eigenvalue weighted by Gasteiger charge is 2.33. The van der Waals surface area contributed by atoms with E-state index in [1.165, 1.54) is 12.0 Å². The van der Waals surface area contributed by atoms with Gasteiger partial charge in [-0.2, -0.15) is 0 Å². The van der Waals surface area contributed by atoms with Gasteiger partial charge in [-0.05, 0) is 66.8 Å². The SMILES string of the molecule is COc1ccc(-c2cccc(C(=O)N(C)C)c2)cc1S(=O)Nc1cccc(O[C@H]2CCN(C(=O)C3CCCCO3)C2)c1. The summed E-state index contributed by atoms with van der Waals surface area (Å²) in [5, 5.41) is 0. The first kappa shape index (κ1) is 29.6. The van der Waals surface area contributed by atoms with E-state index in [-0.39, 0.29) is 24.0 Å². The third-order valence-electron chi connectivity index (χ3n) is 7.47. The summed E-state index contributed by atoms with van der Waals surface area (Å²) in [6.07, 6.45) is 3.10. The van der Waals surface area contributed by atoms with Crippen LogP contribution in [0.2, 0.25) is 0 Å². The van der Waals surface area contributed by atoms with E-state index in [0.717, 1.165) is 36.8 Å². The molecule has 0 radical (unpaired) electrons. The molecule has 0 saturated carbocycles. The van der Waals surface area contributed by atoms with Crippen LogP contribution in [0.15, 0.2) is 71.6 Å². The van der Waals surface area contributed by atoms with Crippen molar-refractivity contribution in [3.05, 3.63) is 72.3 Å². The summed E-state index contributed by atoms with van der Waals surface area (Å²) in [6.45, 7) is 1.81. The van der Waals surface area contributed by atoms with Gasteiger partial charge in [0.15, 0.2) is 11.0 Å². The average Bonchev–Trinajstić information content (AvgIpc) is 3.48. The number of amides is 2. The number of likely N-dealkylation sites (tertiary alicyclic amines) is 1. The van der Waals surface area contributed by atoms with Crippen LogP contribution >= 0.6 is 0 Å². The van der Waals surface area contributed by atoms with Crippen molar-refractivity contribution < 1.29 is 28.0 Å². The van der Waals surface area contributed by atoms with E-state index in [1.54, 1.807) is 32.3 Å². The van der Waals surface area contributed by atoms with Crippen LogP contribution in [0.5, 0.6) is 11.5 Å². The predicted octanol–water partition coefficient (Wildman–Crippen LogP) is 4.75. The van der Waals surface area contributed by atoms with E-state index in [0.29, 0.717) is 47.3 Å². The third-order valence-corrected chi connectivity index (χ3v) is 8.61. The third kappa shape index (κ3) is 6.94. The summed E-state index contributed by atoms with van der Waals surface area (Å²) >= 11 is 0. The quantitative estimate of drug-likeness (QED) is 0.386. The van der Waals surface area contributed by atoms with Crippen molar-refractivity contribution in [3.63, 3.8) is 0 Å². The van der Waals surface area contributed by atoms with Crippen LogP contribution in [-0.2, 0) is 20.5 Å². The van der Waals surface area contributed by atoms with E-state index >= 15 is 0 Å². The van der Waals surface area contributed by atoms with E-state index in [2.05, 4.69) is 4.72 Å². The number of nitrogens with zero attached hydrogens (tertiary/aromatic N) is 2. The maximum atomic E-state index is 13.5. The molecule has 42 heavy (non-hydrogen) atoms. The molecule has 0 aromatic heterocycles. The Balaban J connectivity index is 1.26. The molecule has 3 aromatic rings. The van der Waals surface area contributed by atoms with Gasteiger partial charge in [-0.25, -0.2) is 4.21 Å². The normalized spacial score (nSPS) is 19.2. The molecule has 0 aliphatic carbocycles. The standard InChI is InChI=1S/C32H37N3O6S/c1-34(2)31(36)24-9-6-8-22(18-24)23-13-14-28(39-3)30(19-23)42(38)33-25-10-7-11-26(20-25)41-27-15-16-35(21-27)32(37)29-12-4-5-17-40-29/h6-11,13-14,18-20,27,29,33H,4-5,12,15-17,21H2,1-3H3/t27-,29?,42?/m0/s1. The summed E-state index contributed by atoms with van der Waals surface area (Å²) in [4.78, 5) is 29.1. The zero-order valence-electron chi connectivity index (χ0n) is 24.2. The highest BCUT2D eigenvalue weighted by Crippen LogP contribution is 2.31. The Bertz CT molecular complexity index is 1460. The van der Waals surface area contributed by atoms with Crippen LogP contribution in [0, 0.1) is 0 Å². The summed E-state index contributed by atoms with van der Waals surface area (Å²) in [7, 11) is 3.32. The summed E-state index contributed by atoms with van der Waals surface area (Å²) < 4.78 is 34.0. The number of carbonyl (C=O) groups is 2. The lowest BCUT2D eigenvalue weighted by Crippen LogP contribution is -2.41. The van der Waals surface area contributed by atoms with Gasteiger partial charge >= 0.3 is 0 Å². The molecular weight excluding hydrogens is 554 g/mol. The van der Waals surface area contributed by atoms with Crippen LogP contribution in [0.4, 0.5) is 5.69 Å². The molecule has 0 spiro atoms. The molecule has 3 aromatic carbocycles. The monoisotopic (exact) mass is 591 g/mol. The van der Waals surface area contributed by atoms with Crippen LogP contribution in [0.1, 0.15) is 36.0 Å². The van der Waals surface area contributed by atoms with Crippen molar-refractivity contribution in [1.82, 2.24) is 9.80 Å². The molecule has 222 valence electrons. The molecule has 0 bridgehead atoms. The molecule has 2 amide bonds. The van der Waals surface area contributed by atoms with Crippen molar-refractivity contribution in [2.24, 2.45) is 0 Å². The number of hydrogen-bond acceptors (Lipinski definition) is 6. The fourth-order valence-corrected chi connectivity index (χ4v) is 6.26. The van der Waals surface area contributed by atoms with Crippen LogP contribution in [0.3, 0.4) is 0 Å². The molecule has 2 aliphatic heterocycles. The molecule has 10 heteroatoms. The second kappa shape index (κ2) is 13.4. The lowest BCUT2D eigenvalue weighted by atomic mass is 10.0. The molecule has 3 atom stereocenters. The lowest BCUT2D eigenvalue weighted by molar-refractivity contribution is -0.145. The minimum Gasteiger partial charge on any atom is -0.495 e. The van der Waals surface area contributed by atoms with Crippen molar-refractivity contribution >= 4 is 28.5 Å². The van der Waals surface area contributed by atoms with E-state index in [4.69, 9.17) is 14.2 Å². The van der Waals surface area contributed by atoms with Gasteiger partial charge in [0.2, 0.25) is 0 Å². The molecular formula is C32H37N3O6S. The maximum Gasteiger partial charge on any atom is 0.253 e. The first-order valence-electron chi connectivity index (χ1n) is 14.2. The van der Waals surface area contributed by atoms with Crippen LogP contribution in [0.25, 0.3) is 11.1 Å². The number of hydrogen-bond donors (Lipinski definition) is 1. The zero-order chi connectivity index (χ0) is 29.6. The topological polar surface area (TPSA) is 97.4 Å². The number of benzene rings is 3. The molecule has 2 unspecified atom stereocenters. The largest absolute Gasteiger partial charge is 0.495 e. The van der Waals surface area contributed by atoms with Gasteiger partial charge in [0.05, 0.1) is 19.3 Å². The number of methoxy groups -OCH3 is 1. The van der Waals surface area contributed by atoms with Crippen molar-refractivity contribution in [3.8, 4) is 22.6 Å². The molecule has 2 saturated heterocycles. The minimum atomic E-state index is -1.65. The smallest absolute Gasteiger partial charge is 0.253 e. The van der Waals surface area contributed by atoms with Gasteiger partial charge in [0, 0.05) is 45.3 Å². The number of carbonyl (C=O) groups excluding carboxylic acids is 2. The van der Waals surface area contributed by atoms with Crippen molar-refractivity contribution in [2.45, 2.75) is 42.8 Å². The highest BCUT2D eigenvalue weighted by atomic mass is 32.2. The molecule has 2 fully saturated rings. The number of rotatable bonds is 9. The van der Waals surface area contributed by atoms with Crippen molar-refractivity contribution in [2.75, 3.05) is 45.6 Å². The fourth-order valence-electron chi connectivity index (χ4n) is 5.24. The summed E-state index contributed by atoms with van der Waals surface area (Å²) in [5.41, 5.74) is 2.84. The summed E-state index contributed by atoms with van der Waals surface area (Å²) in [5.74, 6) is 1.08. The molecule has 2 heterocycles. The molecule has 5 rings (SSSR count). The van der Waals surface area contributed by atoms with Gasteiger partial charge in [-0.3, -0.25) is 9.59 Å². The Hall–Kier alpha value is -3.89. The Morgan fingerprint density at radius 1 is 1.00 bits per heavy atom. The minimum absolute atomic E-state index is 0.0545. The van der Waals surface area contributed by atoms with Gasteiger partial charge in [-0.15, -0.1) is 0 Å². The van der Waals surface area contributed by atoms with Gasteiger partial charge in [0.25, 0.3) is 11.8 Å². The number of ether oxygens (including phenoxy) is 3. The van der Waals surface area contributed by atoms with E-state index < -0.39 is 11.0 Å². The number of anilines is 1. The Morgan fingerprint density at radius 2 is 1.81 bits per heavy atom.